The van der Waals surface area contributed by atoms with Crippen LogP contribution in [-0.4, -0.2) is 239 Å². The van der Waals surface area contributed by atoms with Crippen molar-refractivity contribution in [1.82, 2.24) is 87.5 Å². The minimum atomic E-state index is -5.54. The normalized spacial score (nSPS) is 25.6. The first kappa shape index (κ1) is 75.7. The number of rotatable bonds is 15. The summed E-state index contributed by atoms with van der Waals surface area (Å²) in [7, 11) is -17.6. The van der Waals surface area contributed by atoms with Gasteiger partial charge in [-0.15, -0.1) is 43.3 Å². The van der Waals surface area contributed by atoms with Crippen molar-refractivity contribution in [2.75, 3.05) is 98.2 Å². The molecule has 9 fully saturated rings. The molecule has 560 valence electrons. The molecule has 12 heterocycles. The Kier molecular flexibility index (Phi) is 20.6. The molecule has 0 aliphatic carbocycles. The van der Waals surface area contributed by atoms with Gasteiger partial charge in [-0.05, 0) is 158 Å². The van der Waals surface area contributed by atoms with Gasteiger partial charge in [0.15, 0.2) is 0 Å². The van der Waals surface area contributed by atoms with E-state index in [9.17, 15) is 52.7 Å². The summed E-state index contributed by atoms with van der Waals surface area (Å²) in [6, 6.07) is 4.33. The summed E-state index contributed by atoms with van der Waals surface area (Å²) < 4.78 is 299. The topological polar surface area (TPSA) is 235 Å². The zero-order valence-corrected chi connectivity index (χ0v) is 56.6. The Balaban J connectivity index is 0.000000138. The van der Waals surface area contributed by atoms with Gasteiger partial charge >= 0.3 is 77.5 Å². The summed E-state index contributed by atoms with van der Waals surface area (Å²) >= 11 is 0. The molecule has 6 aromatic rings. The van der Waals surface area contributed by atoms with Gasteiger partial charge < -0.3 is 19.2 Å². The van der Waals surface area contributed by atoms with Crippen LogP contribution in [0.25, 0.3) is 33.1 Å². The van der Waals surface area contributed by atoms with Crippen LogP contribution in [-0.2, 0) is 4.57 Å². The highest BCUT2D eigenvalue weighted by atomic mass is 31.2. The monoisotopic (exact) mass is 1540 g/mol. The predicted octanol–water partition coefficient (Wildman–Crippen LogP) is 8.90. The van der Waals surface area contributed by atoms with Crippen LogP contribution < -0.4 is 28.6 Å². The van der Waals surface area contributed by atoms with Crippen molar-refractivity contribution in [3.05, 3.63) is 72.8 Å². The molecule has 0 atom stereocenters. The third kappa shape index (κ3) is 12.8. The zero-order valence-electron chi connectivity index (χ0n) is 53.0. The van der Waals surface area contributed by atoms with Crippen LogP contribution >= 0.6 is 31.6 Å². The number of benzene rings is 3. The molecule has 0 bridgehead atoms. The van der Waals surface area contributed by atoms with E-state index in [1.807, 2.05) is 0 Å². The standard InChI is InChI=1S/3C18H22F6N6OP.H3O4P/c3*19-16(20)13-29(18(23,24)17(16,21)22)32(27-9-3-4-10-27,28-11-5-6-12-28)31-30-15-8-2-1-7-14(15)25-26-30;1-5(2,3)4/h3*1-2,7-8H,3-6,9-13H2;(H3,1,2,3,4)/q3*+1;/p-3. The molecule has 0 unspecified atom stereocenters. The van der Waals surface area contributed by atoms with Gasteiger partial charge in [-0.3, -0.25) is 0 Å². The molecule has 15 rings (SSSR count). The van der Waals surface area contributed by atoms with E-state index in [1.165, 1.54) is 0 Å². The molecule has 47 heteroatoms. The maximum Gasteiger partial charge on any atom is 0.457 e. The second-order valence-corrected chi connectivity index (χ2v) is 34.5. The Hall–Kier alpha value is -4.96. The van der Waals surface area contributed by atoms with Crippen molar-refractivity contribution >= 4 is 64.7 Å². The summed E-state index contributed by atoms with van der Waals surface area (Å²) in [5.74, 6) is -31.4. The van der Waals surface area contributed by atoms with Crippen molar-refractivity contribution < 1.29 is 112 Å². The van der Waals surface area contributed by atoms with Gasteiger partial charge in [-0.25, -0.2) is 0 Å². The number of aromatic nitrogens is 9. The molecular weight excluding hydrogens is 1480 g/mol. The lowest BCUT2D eigenvalue weighted by Crippen LogP contribution is -2.55. The van der Waals surface area contributed by atoms with Gasteiger partial charge in [0.05, 0.1) is 0 Å². The third-order valence-electron chi connectivity index (χ3n) is 18.7. The first-order valence-corrected chi connectivity index (χ1v) is 38.2. The van der Waals surface area contributed by atoms with E-state index in [2.05, 4.69) is 30.9 Å². The highest BCUT2D eigenvalue weighted by Crippen LogP contribution is 2.78. The largest absolute Gasteiger partial charge is 0.822 e. The molecule has 3 aromatic heterocycles. The van der Waals surface area contributed by atoms with E-state index >= 15 is 26.3 Å². The fourth-order valence-corrected chi connectivity index (χ4v) is 25.8. The Morgan fingerprint density at radius 3 is 0.673 bits per heavy atom. The number of hydrogen-bond donors (Lipinski definition) is 0. The number of hydrogen-bond acceptors (Lipinski definition) is 22. The molecule has 9 aliphatic heterocycles. The molecule has 0 amide bonds. The molecule has 9 aliphatic rings. The Morgan fingerprint density at radius 2 is 0.505 bits per heavy atom. The number of alkyl halides is 18. The van der Waals surface area contributed by atoms with Gasteiger partial charge in [0, 0.05) is 78.5 Å². The van der Waals surface area contributed by atoms with Crippen molar-refractivity contribution in [3.63, 3.8) is 0 Å². The quantitative estimate of drug-likeness (QED) is 0.0530. The van der Waals surface area contributed by atoms with E-state index in [1.54, 1.807) is 101 Å². The Bertz CT molecular complexity index is 3500. The summed E-state index contributed by atoms with van der Waals surface area (Å²) in [5.41, 5.74) is 2.19. The van der Waals surface area contributed by atoms with Crippen LogP contribution in [0.3, 0.4) is 0 Å². The maximum absolute atomic E-state index is 15.2. The van der Waals surface area contributed by atoms with Crippen molar-refractivity contribution in [3.8, 4) is 0 Å². The zero-order chi connectivity index (χ0) is 72.8. The van der Waals surface area contributed by atoms with Crippen LogP contribution in [0.15, 0.2) is 72.8 Å². The molecule has 0 radical (unpaired) electrons. The molecule has 0 spiro atoms. The fraction of sp³-hybridized carbons (Fsp3) is 0.667. The lowest BCUT2D eigenvalue weighted by molar-refractivity contribution is -0.432. The van der Waals surface area contributed by atoms with E-state index in [4.69, 9.17) is 33.1 Å². The predicted molar refractivity (Wildman–Crippen MR) is 320 cm³/mol. The highest BCUT2D eigenvalue weighted by molar-refractivity contribution is 7.65. The van der Waals surface area contributed by atoms with Gasteiger partial charge in [-0.1, -0.05) is 36.4 Å². The van der Waals surface area contributed by atoms with E-state index in [0.29, 0.717) is 110 Å². The molecule has 25 nitrogen and oxygen atoms in total. The van der Waals surface area contributed by atoms with Crippen LogP contribution in [0, 0.1) is 0 Å². The number of nitrogens with zero attached hydrogens (tertiary/aromatic N) is 18. The Morgan fingerprint density at radius 1 is 0.327 bits per heavy atom. The maximum atomic E-state index is 15.2. The van der Waals surface area contributed by atoms with Crippen molar-refractivity contribution in [2.45, 2.75) is 131 Å². The number of para-hydroxylation sites is 3. The molecular formula is C54H66F18N18O7P4. The molecule has 9 saturated heterocycles. The number of halogens is 18. The number of phosphoric acid groups is 1. The van der Waals surface area contributed by atoms with Crippen LogP contribution in [0.2, 0.25) is 0 Å². The second-order valence-electron chi connectivity index (χ2n) is 25.2. The smallest absolute Gasteiger partial charge is 0.457 e. The Labute approximate surface area is 564 Å². The summed E-state index contributed by atoms with van der Waals surface area (Å²) in [6.45, 7) is -2.28. The molecule has 0 N–H and O–H groups in total. The SMILES string of the molecule is FC1(F)CN([P+](On2nnc3ccccc32)(N2CCCC2)N2CCCC2)C(F)(F)C1(F)F.FC1(F)CN([P+](On2nnc3ccccc32)(N2CCCC2)N2CCCC2)C(F)(F)C1(F)F.FC1(F)CN([P+](On2nnc3ccccc32)(N2CCCC2)N2CCCC2)C(F)(F)C1(F)F.O=P([O-])([O-])[O-]. The van der Waals surface area contributed by atoms with E-state index in [0.717, 1.165) is 14.5 Å². The summed E-state index contributed by atoms with van der Waals surface area (Å²) in [6.07, 6.45) is 7.37. The summed E-state index contributed by atoms with van der Waals surface area (Å²) in [5, 5.41) is 23.5. The molecule has 0 saturated carbocycles. The van der Waals surface area contributed by atoms with Gasteiger partial charge in [0.1, 0.15) is 52.7 Å². The van der Waals surface area contributed by atoms with Crippen LogP contribution in [0.4, 0.5) is 79.0 Å². The fourth-order valence-electron chi connectivity index (χ4n) is 13.8. The van der Waals surface area contributed by atoms with Gasteiger partial charge in [0.2, 0.25) is 0 Å². The van der Waals surface area contributed by atoms with Crippen molar-refractivity contribution in [2.24, 2.45) is 0 Å². The first-order valence-electron chi connectivity index (χ1n) is 32.0. The molecule has 101 heavy (non-hydrogen) atoms. The van der Waals surface area contributed by atoms with E-state index in [-0.39, 0.29) is 92.5 Å². The summed E-state index contributed by atoms with van der Waals surface area (Å²) in [4.78, 5) is 28.4. The van der Waals surface area contributed by atoms with Crippen LogP contribution in [0.5, 0.6) is 0 Å². The first-order chi connectivity index (χ1) is 47.3. The minimum Gasteiger partial charge on any atom is -0.822 e. The number of fused-ring (bicyclic) bond motifs is 3. The average Bonchev–Trinajstić information content (AvgIpc) is 1.56. The highest BCUT2D eigenvalue weighted by Gasteiger charge is 2.92. The minimum absolute atomic E-state index is 0.0624. The lowest BCUT2D eigenvalue weighted by atomic mass is 10.2. The van der Waals surface area contributed by atoms with Gasteiger partial charge in [0.25, 0.3) is 0 Å². The van der Waals surface area contributed by atoms with Gasteiger partial charge in [-0.2, -0.15) is 101 Å². The third-order valence-corrected chi connectivity index (χ3v) is 29.7. The second kappa shape index (κ2) is 27.4. The van der Waals surface area contributed by atoms with Crippen LogP contribution in [0.1, 0.15) is 77.0 Å². The lowest BCUT2D eigenvalue weighted by Gasteiger charge is -2.41. The molecule has 3 aromatic carbocycles. The van der Waals surface area contributed by atoms with E-state index < -0.39 is 105 Å². The van der Waals surface area contributed by atoms with Crippen molar-refractivity contribution in [1.29, 1.82) is 0 Å². The average molecular weight is 1550 g/mol.